The Morgan fingerprint density at radius 2 is 1.56 bits per heavy atom. The van der Waals surface area contributed by atoms with Crippen LogP contribution in [0.2, 0.25) is 0 Å². The molecule has 0 fully saturated rings. The molecule has 0 bridgehead atoms. The van der Waals surface area contributed by atoms with Crippen molar-refractivity contribution < 1.29 is 18.9 Å². The Morgan fingerprint density at radius 3 is 2.17 bits per heavy atom. The maximum atomic E-state index is 5.44. The van der Waals surface area contributed by atoms with Crippen molar-refractivity contribution in [1.82, 2.24) is 0 Å². The van der Waals surface area contributed by atoms with Gasteiger partial charge in [0, 0.05) is 18.9 Å². The molecule has 18 heavy (non-hydrogen) atoms. The second-order valence-electron chi connectivity index (χ2n) is 3.75. The number of unbranched alkanes of at least 4 members (excludes halogenated alkanes) is 1. The van der Waals surface area contributed by atoms with E-state index >= 15 is 0 Å². The van der Waals surface area contributed by atoms with Crippen LogP contribution in [0.5, 0.6) is 0 Å². The predicted molar refractivity (Wildman–Crippen MR) is 76.3 cm³/mol. The lowest BCUT2D eigenvalue weighted by atomic mass is 10.2. The molecule has 0 aromatic heterocycles. The van der Waals surface area contributed by atoms with Crippen molar-refractivity contribution in [3.63, 3.8) is 0 Å². The van der Waals surface area contributed by atoms with E-state index < -0.39 is 0 Å². The SMILES string of the molecule is C=C(CCCCBr)OCCOCCOCCOC. The molecule has 0 aliphatic rings. The van der Waals surface area contributed by atoms with Gasteiger partial charge in [0.2, 0.25) is 0 Å². The van der Waals surface area contributed by atoms with Crippen LogP contribution in [0.3, 0.4) is 0 Å². The van der Waals surface area contributed by atoms with E-state index in [-0.39, 0.29) is 0 Å². The fourth-order valence-corrected chi connectivity index (χ4v) is 1.59. The summed E-state index contributed by atoms with van der Waals surface area (Å²) in [6.45, 7) is 7.41. The van der Waals surface area contributed by atoms with E-state index in [9.17, 15) is 0 Å². The molecule has 108 valence electrons. The number of allylic oxidation sites excluding steroid dienone is 1. The van der Waals surface area contributed by atoms with Crippen molar-refractivity contribution in [3.8, 4) is 0 Å². The van der Waals surface area contributed by atoms with Gasteiger partial charge < -0.3 is 18.9 Å². The standard InChI is InChI=1S/C13H25BrO4/c1-13(5-3-4-6-14)18-12-11-17-10-9-16-8-7-15-2/h1,3-12H2,2H3. The molecule has 0 rings (SSSR count). The lowest BCUT2D eigenvalue weighted by Gasteiger charge is -2.09. The molecule has 0 N–H and O–H groups in total. The van der Waals surface area contributed by atoms with Gasteiger partial charge in [-0.2, -0.15) is 0 Å². The summed E-state index contributed by atoms with van der Waals surface area (Å²) in [6, 6.07) is 0. The average molecular weight is 325 g/mol. The van der Waals surface area contributed by atoms with Crippen LogP contribution in [0.25, 0.3) is 0 Å². The van der Waals surface area contributed by atoms with Crippen molar-refractivity contribution >= 4 is 15.9 Å². The van der Waals surface area contributed by atoms with Crippen LogP contribution in [0, 0.1) is 0 Å². The summed E-state index contributed by atoms with van der Waals surface area (Å²) in [5.74, 6) is 0.843. The third kappa shape index (κ3) is 14.0. The van der Waals surface area contributed by atoms with E-state index in [2.05, 4.69) is 22.5 Å². The fraction of sp³-hybridized carbons (Fsp3) is 0.846. The Balaban J connectivity index is 3.08. The molecule has 4 nitrogen and oxygen atoms in total. The minimum Gasteiger partial charge on any atom is -0.496 e. The normalized spacial score (nSPS) is 10.6. The van der Waals surface area contributed by atoms with Gasteiger partial charge in [0.25, 0.3) is 0 Å². The van der Waals surface area contributed by atoms with E-state index in [0.717, 1.165) is 30.4 Å². The summed E-state index contributed by atoms with van der Waals surface area (Å²) >= 11 is 3.39. The average Bonchev–Trinajstić information content (AvgIpc) is 2.37. The Labute approximate surface area is 119 Å². The first-order chi connectivity index (χ1) is 8.81. The van der Waals surface area contributed by atoms with Gasteiger partial charge in [-0.1, -0.05) is 22.5 Å². The summed E-state index contributed by atoms with van der Waals surface area (Å²) in [6.07, 6.45) is 3.18. The lowest BCUT2D eigenvalue weighted by Crippen LogP contribution is -2.11. The fourth-order valence-electron chi connectivity index (χ4n) is 1.20. The quantitative estimate of drug-likeness (QED) is 0.280. The summed E-state index contributed by atoms with van der Waals surface area (Å²) in [7, 11) is 1.65. The van der Waals surface area contributed by atoms with Crippen LogP contribution < -0.4 is 0 Å². The Morgan fingerprint density at radius 1 is 0.944 bits per heavy atom. The number of hydrogen-bond acceptors (Lipinski definition) is 4. The molecule has 0 saturated carbocycles. The maximum Gasteiger partial charge on any atom is 0.111 e. The number of hydrogen-bond donors (Lipinski definition) is 0. The van der Waals surface area contributed by atoms with Crippen LogP contribution in [0.1, 0.15) is 19.3 Å². The number of methoxy groups -OCH3 is 1. The first-order valence-corrected chi connectivity index (χ1v) is 7.44. The third-order valence-electron chi connectivity index (χ3n) is 2.18. The first-order valence-electron chi connectivity index (χ1n) is 6.32. The number of alkyl halides is 1. The number of halogens is 1. The second-order valence-corrected chi connectivity index (χ2v) is 4.54. The van der Waals surface area contributed by atoms with Gasteiger partial charge in [-0.15, -0.1) is 0 Å². The predicted octanol–water partition coefficient (Wildman–Crippen LogP) is 2.76. The molecular formula is C13H25BrO4. The zero-order valence-corrected chi connectivity index (χ0v) is 12.9. The number of ether oxygens (including phenoxy) is 4. The lowest BCUT2D eigenvalue weighted by molar-refractivity contribution is 0.0116. The minimum absolute atomic E-state index is 0.561. The van der Waals surface area contributed by atoms with Crippen LogP contribution in [-0.2, 0) is 18.9 Å². The van der Waals surface area contributed by atoms with Crippen molar-refractivity contribution in [1.29, 1.82) is 0 Å². The molecule has 0 heterocycles. The van der Waals surface area contributed by atoms with Crippen molar-refractivity contribution in [3.05, 3.63) is 12.3 Å². The van der Waals surface area contributed by atoms with Crippen molar-refractivity contribution in [2.75, 3.05) is 52.1 Å². The van der Waals surface area contributed by atoms with E-state index in [1.165, 1.54) is 0 Å². The molecule has 0 spiro atoms. The van der Waals surface area contributed by atoms with Crippen LogP contribution in [0.4, 0.5) is 0 Å². The van der Waals surface area contributed by atoms with Crippen molar-refractivity contribution in [2.24, 2.45) is 0 Å². The highest BCUT2D eigenvalue weighted by atomic mass is 79.9. The first kappa shape index (κ1) is 17.9. The summed E-state index contributed by atoms with van der Waals surface area (Å²) in [5, 5.41) is 1.03. The smallest absolute Gasteiger partial charge is 0.111 e. The molecule has 0 aromatic rings. The van der Waals surface area contributed by atoms with Gasteiger partial charge in [-0.25, -0.2) is 0 Å². The Kier molecular flexibility index (Phi) is 14.9. The maximum absolute atomic E-state index is 5.44. The third-order valence-corrected chi connectivity index (χ3v) is 2.74. The highest BCUT2D eigenvalue weighted by molar-refractivity contribution is 9.09. The summed E-state index contributed by atoms with van der Waals surface area (Å²) < 4.78 is 20.9. The zero-order valence-electron chi connectivity index (χ0n) is 11.3. The Hall–Kier alpha value is -0.100. The zero-order chi connectivity index (χ0) is 13.5. The second kappa shape index (κ2) is 15.0. The highest BCUT2D eigenvalue weighted by Gasteiger charge is 1.96. The van der Waals surface area contributed by atoms with Crippen LogP contribution >= 0.6 is 15.9 Å². The molecular weight excluding hydrogens is 300 g/mol. The van der Waals surface area contributed by atoms with Gasteiger partial charge in [-0.3, -0.25) is 0 Å². The highest BCUT2D eigenvalue weighted by Crippen LogP contribution is 2.07. The van der Waals surface area contributed by atoms with E-state index in [0.29, 0.717) is 39.6 Å². The molecule has 0 atom stereocenters. The molecule has 0 aliphatic carbocycles. The minimum atomic E-state index is 0.561. The molecule has 0 aliphatic heterocycles. The number of rotatable bonds is 14. The molecule has 0 amide bonds. The molecule has 0 unspecified atom stereocenters. The Bertz CT molecular complexity index is 188. The van der Waals surface area contributed by atoms with E-state index in [4.69, 9.17) is 18.9 Å². The van der Waals surface area contributed by atoms with Gasteiger partial charge in [0.15, 0.2) is 0 Å². The summed E-state index contributed by atoms with van der Waals surface area (Å²) in [4.78, 5) is 0. The van der Waals surface area contributed by atoms with Gasteiger partial charge in [0.05, 0.1) is 38.8 Å². The molecule has 0 radical (unpaired) electrons. The van der Waals surface area contributed by atoms with E-state index in [1.54, 1.807) is 7.11 Å². The largest absolute Gasteiger partial charge is 0.496 e. The summed E-state index contributed by atoms with van der Waals surface area (Å²) in [5.41, 5.74) is 0. The molecule has 0 saturated heterocycles. The van der Waals surface area contributed by atoms with Gasteiger partial charge in [-0.05, 0) is 12.8 Å². The van der Waals surface area contributed by atoms with Crippen LogP contribution in [0.15, 0.2) is 12.3 Å². The van der Waals surface area contributed by atoms with Crippen molar-refractivity contribution in [2.45, 2.75) is 19.3 Å². The van der Waals surface area contributed by atoms with Gasteiger partial charge in [0.1, 0.15) is 6.61 Å². The molecule has 5 heteroatoms. The monoisotopic (exact) mass is 324 g/mol. The van der Waals surface area contributed by atoms with E-state index in [1.807, 2.05) is 0 Å². The molecule has 0 aromatic carbocycles. The van der Waals surface area contributed by atoms with Crippen LogP contribution in [-0.4, -0.2) is 52.1 Å². The topological polar surface area (TPSA) is 36.9 Å². The van der Waals surface area contributed by atoms with Gasteiger partial charge >= 0.3 is 0 Å².